The molecule has 0 aliphatic rings. The first-order chi connectivity index (χ1) is 8.37. The SMILES string of the molecule is CN(CCNc1ccc(Br)cc1)CCC(F)(F)F. The third kappa shape index (κ3) is 6.86. The number of nitrogens with zero attached hydrogens (tertiary/aromatic N) is 1. The highest BCUT2D eigenvalue weighted by molar-refractivity contribution is 9.10. The molecule has 0 heterocycles. The third-order valence-corrected chi connectivity index (χ3v) is 2.97. The van der Waals surface area contributed by atoms with E-state index >= 15 is 0 Å². The highest BCUT2D eigenvalue weighted by atomic mass is 79.9. The Labute approximate surface area is 113 Å². The van der Waals surface area contributed by atoms with Crippen LogP contribution < -0.4 is 5.32 Å². The van der Waals surface area contributed by atoms with Crippen LogP contribution in [0.15, 0.2) is 28.7 Å². The summed E-state index contributed by atoms with van der Waals surface area (Å²) in [6.45, 7) is 1.23. The van der Waals surface area contributed by atoms with Gasteiger partial charge < -0.3 is 10.2 Å². The summed E-state index contributed by atoms with van der Waals surface area (Å²) in [6.07, 6.45) is -4.84. The molecule has 0 aliphatic heterocycles. The van der Waals surface area contributed by atoms with E-state index in [1.807, 2.05) is 24.3 Å². The molecule has 0 bridgehead atoms. The maximum Gasteiger partial charge on any atom is 0.390 e. The zero-order chi connectivity index (χ0) is 13.6. The van der Waals surface area contributed by atoms with E-state index in [0.717, 1.165) is 10.2 Å². The normalized spacial score (nSPS) is 11.9. The maximum atomic E-state index is 12.0. The zero-order valence-corrected chi connectivity index (χ0v) is 11.7. The van der Waals surface area contributed by atoms with Crippen LogP contribution >= 0.6 is 15.9 Å². The summed E-state index contributed by atoms with van der Waals surface area (Å²) < 4.78 is 37.0. The molecule has 0 spiro atoms. The molecule has 1 aromatic carbocycles. The lowest BCUT2D eigenvalue weighted by atomic mass is 10.3. The Morgan fingerprint density at radius 2 is 1.78 bits per heavy atom. The molecule has 1 aromatic rings. The van der Waals surface area contributed by atoms with Crippen LogP contribution in [-0.2, 0) is 0 Å². The van der Waals surface area contributed by atoms with E-state index in [4.69, 9.17) is 0 Å². The molecule has 0 unspecified atom stereocenters. The molecule has 0 atom stereocenters. The van der Waals surface area contributed by atoms with Crippen LogP contribution in [0.4, 0.5) is 18.9 Å². The first kappa shape index (κ1) is 15.3. The number of anilines is 1. The van der Waals surface area contributed by atoms with Crippen LogP contribution in [0.5, 0.6) is 0 Å². The minimum absolute atomic E-state index is 0.0333. The molecule has 2 nitrogen and oxygen atoms in total. The van der Waals surface area contributed by atoms with Crippen LogP contribution in [0.25, 0.3) is 0 Å². The summed E-state index contributed by atoms with van der Waals surface area (Å²) in [5.74, 6) is 0. The van der Waals surface area contributed by atoms with Gasteiger partial charge in [-0.1, -0.05) is 15.9 Å². The van der Waals surface area contributed by atoms with Crippen molar-refractivity contribution in [1.29, 1.82) is 0 Å². The molecule has 1 rings (SSSR count). The van der Waals surface area contributed by atoms with Crippen LogP contribution in [0.3, 0.4) is 0 Å². The second-order valence-corrected chi connectivity index (χ2v) is 5.02. The maximum absolute atomic E-state index is 12.0. The third-order valence-electron chi connectivity index (χ3n) is 2.44. The topological polar surface area (TPSA) is 15.3 Å². The first-order valence-electron chi connectivity index (χ1n) is 5.61. The molecule has 0 amide bonds. The van der Waals surface area contributed by atoms with Gasteiger partial charge in [-0.2, -0.15) is 13.2 Å². The number of rotatable bonds is 6. The van der Waals surface area contributed by atoms with Crippen molar-refractivity contribution < 1.29 is 13.2 Å². The van der Waals surface area contributed by atoms with Gasteiger partial charge in [-0.05, 0) is 31.3 Å². The average molecular weight is 325 g/mol. The minimum atomic E-state index is -4.08. The van der Waals surface area contributed by atoms with Gasteiger partial charge in [0.15, 0.2) is 0 Å². The summed E-state index contributed by atoms with van der Waals surface area (Å²) >= 11 is 3.33. The Morgan fingerprint density at radius 3 is 2.33 bits per heavy atom. The van der Waals surface area contributed by atoms with Crippen molar-refractivity contribution >= 4 is 21.6 Å². The number of alkyl halides is 3. The van der Waals surface area contributed by atoms with Crippen LogP contribution in [0.2, 0.25) is 0 Å². The number of hydrogen-bond acceptors (Lipinski definition) is 2. The molecular formula is C12H16BrF3N2. The lowest BCUT2D eigenvalue weighted by Crippen LogP contribution is -2.29. The van der Waals surface area contributed by atoms with Crippen molar-refractivity contribution in [1.82, 2.24) is 4.90 Å². The standard InChI is InChI=1S/C12H16BrF3N2/c1-18(8-6-12(14,15)16)9-7-17-11-4-2-10(13)3-5-11/h2-5,17H,6-9H2,1H3. The molecule has 1 N–H and O–H groups in total. The van der Waals surface area contributed by atoms with Gasteiger partial charge in [0.2, 0.25) is 0 Å². The van der Waals surface area contributed by atoms with Gasteiger partial charge in [0, 0.05) is 29.8 Å². The lowest BCUT2D eigenvalue weighted by molar-refractivity contribution is -0.137. The highest BCUT2D eigenvalue weighted by Crippen LogP contribution is 2.19. The first-order valence-corrected chi connectivity index (χ1v) is 6.41. The monoisotopic (exact) mass is 324 g/mol. The fourth-order valence-electron chi connectivity index (χ4n) is 1.39. The van der Waals surface area contributed by atoms with E-state index in [1.54, 1.807) is 11.9 Å². The molecule has 6 heteroatoms. The van der Waals surface area contributed by atoms with Gasteiger partial charge in [0.05, 0.1) is 6.42 Å². The second kappa shape index (κ2) is 6.99. The number of likely N-dealkylation sites (N-methyl/N-ethyl adjacent to an activating group) is 1. The molecule has 0 saturated heterocycles. The van der Waals surface area contributed by atoms with Gasteiger partial charge >= 0.3 is 6.18 Å². The van der Waals surface area contributed by atoms with Gasteiger partial charge in [-0.3, -0.25) is 0 Å². The summed E-state index contributed by atoms with van der Waals surface area (Å²) in [6, 6.07) is 7.66. The molecule has 0 saturated carbocycles. The zero-order valence-electron chi connectivity index (χ0n) is 10.1. The van der Waals surface area contributed by atoms with Crippen LogP contribution in [0, 0.1) is 0 Å². The smallest absolute Gasteiger partial charge is 0.384 e. The predicted molar refractivity (Wildman–Crippen MR) is 70.8 cm³/mol. The molecule has 0 aliphatic carbocycles. The largest absolute Gasteiger partial charge is 0.390 e. The second-order valence-electron chi connectivity index (χ2n) is 4.10. The lowest BCUT2D eigenvalue weighted by Gasteiger charge is -2.18. The quantitative estimate of drug-likeness (QED) is 0.857. The fourth-order valence-corrected chi connectivity index (χ4v) is 1.65. The number of halogens is 4. The number of benzene rings is 1. The van der Waals surface area contributed by atoms with E-state index in [0.29, 0.717) is 13.1 Å². The Hall–Kier alpha value is -0.750. The van der Waals surface area contributed by atoms with Crippen LogP contribution in [-0.4, -0.2) is 37.8 Å². The number of hydrogen-bond donors (Lipinski definition) is 1. The molecule has 0 fully saturated rings. The fraction of sp³-hybridized carbons (Fsp3) is 0.500. The van der Waals surface area contributed by atoms with Gasteiger partial charge in [-0.15, -0.1) is 0 Å². The van der Waals surface area contributed by atoms with Crippen molar-refractivity contribution in [3.8, 4) is 0 Å². The van der Waals surface area contributed by atoms with E-state index in [9.17, 15) is 13.2 Å². The van der Waals surface area contributed by atoms with Crippen molar-refractivity contribution in [2.45, 2.75) is 12.6 Å². The molecular weight excluding hydrogens is 309 g/mol. The number of nitrogens with one attached hydrogen (secondary N) is 1. The predicted octanol–water partition coefficient (Wildman–Crippen LogP) is 3.75. The molecule has 102 valence electrons. The van der Waals surface area contributed by atoms with Gasteiger partial charge in [-0.25, -0.2) is 0 Å². The van der Waals surface area contributed by atoms with Crippen molar-refractivity contribution in [2.75, 3.05) is 32.0 Å². The summed E-state index contributed by atoms with van der Waals surface area (Å²) in [5, 5.41) is 3.16. The van der Waals surface area contributed by atoms with E-state index in [-0.39, 0.29) is 6.54 Å². The molecule has 18 heavy (non-hydrogen) atoms. The van der Waals surface area contributed by atoms with Crippen molar-refractivity contribution in [3.63, 3.8) is 0 Å². The summed E-state index contributed by atoms with van der Waals surface area (Å²) in [5.41, 5.74) is 0.961. The Balaban J connectivity index is 2.19. The van der Waals surface area contributed by atoms with E-state index < -0.39 is 12.6 Å². The van der Waals surface area contributed by atoms with E-state index in [2.05, 4.69) is 21.2 Å². The Morgan fingerprint density at radius 1 is 1.17 bits per heavy atom. The molecule has 0 aromatic heterocycles. The van der Waals surface area contributed by atoms with Gasteiger partial charge in [0.1, 0.15) is 0 Å². The minimum Gasteiger partial charge on any atom is -0.384 e. The summed E-state index contributed by atoms with van der Waals surface area (Å²) in [7, 11) is 1.69. The summed E-state index contributed by atoms with van der Waals surface area (Å²) in [4.78, 5) is 1.67. The van der Waals surface area contributed by atoms with E-state index in [1.165, 1.54) is 0 Å². The van der Waals surface area contributed by atoms with Gasteiger partial charge in [0.25, 0.3) is 0 Å². The average Bonchev–Trinajstić information content (AvgIpc) is 2.28. The van der Waals surface area contributed by atoms with Crippen LogP contribution in [0.1, 0.15) is 6.42 Å². The van der Waals surface area contributed by atoms with Crippen molar-refractivity contribution in [3.05, 3.63) is 28.7 Å². The Kier molecular flexibility index (Phi) is 5.95. The van der Waals surface area contributed by atoms with Crippen molar-refractivity contribution in [2.24, 2.45) is 0 Å². The highest BCUT2D eigenvalue weighted by Gasteiger charge is 2.26. The molecule has 0 radical (unpaired) electrons. The Bertz CT molecular complexity index is 351.